The molecule has 1 aliphatic carbocycles. The van der Waals surface area contributed by atoms with Crippen LogP contribution in [0.15, 0.2) is 6.07 Å². The predicted molar refractivity (Wildman–Crippen MR) is 59.3 cm³/mol. The molecule has 0 spiro atoms. The van der Waals surface area contributed by atoms with Gasteiger partial charge in [-0.05, 0) is 31.4 Å². The van der Waals surface area contributed by atoms with Gasteiger partial charge in [-0.15, -0.1) is 0 Å². The van der Waals surface area contributed by atoms with Crippen molar-refractivity contribution in [1.29, 1.82) is 0 Å². The number of hydrogen-bond acceptors (Lipinski definition) is 3. The van der Waals surface area contributed by atoms with E-state index in [1.165, 1.54) is 14.2 Å². The van der Waals surface area contributed by atoms with Gasteiger partial charge in [0.2, 0.25) is 5.82 Å². The Hall–Kier alpha value is -1.29. The van der Waals surface area contributed by atoms with Crippen LogP contribution in [0, 0.1) is 12.7 Å². The van der Waals surface area contributed by atoms with Crippen LogP contribution < -0.4 is 15.2 Å². The quantitative estimate of drug-likeness (QED) is 0.856. The minimum absolute atomic E-state index is 0.211. The van der Waals surface area contributed by atoms with Crippen molar-refractivity contribution in [1.82, 2.24) is 0 Å². The zero-order valence-electron chi connectivity index (χ0n) is 9.76. The van der Waals surface area contributed by atoms with E-state index >= 15 is 0 Å². The van der Waals surface area contributed by atoms with Crippen LogP contribution in [0.25, 0.3) is 0 Å². The summed E-state index contributed by atoms with van der Waals surface area (Å²) < 4.78 is 24.2. The van der Waals surface area contributed by atoms with E-state index in [0.717, 1.165) is 24.0 Å². The molecule has 0 saturated heterocycles. The molecule has 0 radical (unpaired) electrons. The Bertz CT molecular complexity index is 428. The maximum atomic E-state index is 14.0. The van der Waals surface area contributed by atoms with Crippen molar-refractivity contribution in [3.8, 4) is 11.5 Å². The fourth-order valence-electron chi connectivity index (χ4n) is 1.97. The van der Waals surface area contributed by atoms with Gasteiger partial charge >= 0.3 is 0 Å². The Morgan fingerprint density at radius 1 is 1.25 bits per heavy atom. The first-order chi connectivity index (χ1) is 7.53. The molecule has 0 bridgehead atoms. The van der Waals surface area contributed by atoms with Crippen LogP contribution in [0.4, 0.5) is 4.39 Å². The van der Waals surface area contributed by atoms with Crippen molar-refractivity contribution in [3.63, 3.8) is 0 Å². The Kier molecular flexibility index (Phi) is 2.54. The van der Waals surface area contributed by atoms with Gasteiger partial charge in [-0.25, -0.2) is 0 Å². The Labute approximate surface area is 94.3 Å². The third kappa shape index (κ3) is 1.53. The first kappa shape index (κ1) is 11.2. The van der Waals surface area contributed by atoms with Gasteiger partial charge in [0.1, 0.15) is 0 Å². The lowest BCUT2D eigenvalue weighted by Crippen LogP contribution is -2.20. The summed E-state index contributed by atoms with van der Waals surface area (Å²) in [4.78, 5) is 0. The summed E-state index contributed by atoms with van der Waals surface area (Å²) in [6.07, 6.45) is 1.74. The molecule has 88 valence electrons. The molecular formula is C12H16FNO2. The molecule has 4 heteroatoms. The number of aryl methyl sites for hydroxylation is 1. The number of hydrogen-bond donors (Lipinski definition) is 1. The smallest absolute Gasteiger partial charge is 0.207 e. The highest BCUT2D eigenvalue weighted by Crippen LogP contribution is 2.49. The normalized spacial score (nSPS) is 17.1. The second-order valence-corrected chi connectivity index (χ2v) is 4.28. The van der Waals surface area contributed by atoms with E-state index in [9.17, 15) is 4.39 Å². The molecule has 0 aromatic heterocycles. The van der Waals surface area contributed by atoms with Crippen LogP contribution in [-0.2, 0) is 5.54 Å². The lowest BCUT2D eigenvalue weighted by atomic mass is 10.0. The molecule has 1 fully saturated rings. The number of halogens is 1. The van der Waals surface area contributed by atoms with Crippen molar-refractivity contribution in [2.75, 3.05) is 14.2 Å². The molecule has 1 aliphatic rings. The second kappa shape index (κ2) is 3.63. The van der Waals surface area contributed by atoms with Gasteiger partial charge < -0.3 is 15.2 Å². The summed E-state index contributed by atoms with van der Waals surface area (Å²) in [5.41, 5.74) is 7.16. The summed E-state index contributed by atoms with van der Waals surface area (Å²) in [7, 11) is 2.89. The number of methoxy groups -OCH3 is 2. The third-order valence-corrected chi connectivity index (χ3v) is 3.10. The van der Waals surface area contributed by atoms with Gasteiger partial charge in [0.25, 0.3) is 0 Å². The average molecular weight is 225 g/mol. The molecule has 1 aromatic carbocycles. The highest BCUT2D eigenvalue weighted by atomic mass is 19.1. The van der Waals surface area contributed by atoms with Crippen LogP contribution in [0.3, 0.4) is 0 Å². The summed E-state index contributed by atoms with van der Waals surface area (Å²) in [5, 5.41) is 0. The SMILES string of the molecule is COc1c(C)cc(C2(N)CC2)c(OC)c1F. The van der Waals surface area contributed by atoms with Crippen LogP contribution in [0.2, 0.25) is 0 Å². The van der Waals surface area contributed by atoms with Gasteiger partial charge in [-0.2, -0.15) is 4.39 Å². The number of ether oxygens (including phenoxy) is 2. The van der Waals surface area contributed by atoms with E-state index < -0.39 is 11.4 Å². The fraction of sp³-hybridized carbons (Fsp3) is 0.500. The first-order valence-corrected chi connectivity index (χ1v) is 5.24. The van der Waals surface area contributed by atoms with Crippen molar-refractivity contribution < 1.29 is 13.9 Å². The van der Waals surface area contributed by atoms with E-state index in [1.54, 1.807) is 6.92 Å². The van der Waals surface area contributed by atoms with Crippen molar-refractivity contribution in [2.45, 2.75) is 25.3 Å². The molecule has 0 aliphatic heterocycles. The molecule has 0 heterocycles. The lowest BCUT2D eigenvalue weighted by molar-refractivity contribution is 0.342. The number of rotatable bonds is 3. The Balaban J connectivity index is 2.62. The molecule has 2 rings (SSSR count). The monoisotopic (exact) mass is 225 g/mol. The van der Waals surface area contributed by atoms with Crippen molar-refractivity contribution in [2.24, 2.45) is 5.73 Å². The minimum Gasteiger partial charge on any atom is -0.493 e. The van der Waals surface area contributed by atoms with Crippen molar-refractivity contribution >= 4 is 0 Å². The molecule has 0 amide bonds. The minimum atomic E-state index is -0.461. The van der Waals surface area contributed by atoms with Gasteiger partial charge in [-0.3, -0.25) is 0 Å². The van der Waals surface area contributed by atoms with Crippen LogP contribution in [0.5, 0.6) is 11.5 Å². The van der Waals surface area contributed by atoms with E-state index in [-0.39, 0.29) is 11.5 Å². The highest BCUT2D eigenvalue weighted by molar-refractivity contribution is 5.52. The molecule has 3 nitrogen and oxygen atoms in total. The zero-order chi connectivity index (χ0) is 11.9. The largest absolute Gasteiger partial charge is 0.493 e. The summed E-state index contributed by atoms with van der Waals surface area (Å²) in [5.74, 6) is -0.0241. The van der Waals surface area contributed by atoms with Crippen molar-refractivity contribution in [3.05, 3.63) is 23.0 Å². The number of nitrogens with two attached hydrogens (primary N) is 1. The summed E-state index contributed by atoms with van der Waals surface area (Å²) in [6.45, 7) is 1.80. The highest BCUT2D eigenvalue weighted by Gasteiger charge is 2.43. The van der Waals surface area contributed by atoms with Crippen LogP contribution in [-0.4, -0.2) is 14.2 Å². The third-order valence-electron chi connectivity index (χ3n) is 3.10. The molecule has 0 unspecified atom stereocenters. The second-order valence-electron chi connectivity index (χ2n) is 4.28. The summed E-state index contributed by atoms with van der Waals surface area (Å²) >= 11 is 0. The first-order valence-electron chi connectivity index (χ1n) is 5.24. The Morgan fingerprint density at radius 3 is 2.25 bits per heavy atom. The Morgan fingerprint density at radius 2 is 1.81 bits per heavy atom. The van der Waals surface area contributed by atoms with E-state index in [0.29, 0.717) is 0 Å². The van der Waals surface area contributed by atoms with E-state index in [4.69, 9.17) is 15.2 Å². The zero-order valence-corrected chi connectivity index (χ0v) is 9.76. The topological polar surface area (TPSA) is 44.5 Å². The standard InChI is InChI=1S/C12H16FNO2/c1-7-6-8(12(14)4-5-12)11(16-3)9(13)10(7)15-2/h6H,4-5,14H2,1-3H3. The predicted octanol–water partition coefficient (Wildman–Crippen LogP) is 2.10. The molecule has 2 N–H and O–H groups in total. The van der Waals surface area contributed by atoms with Gasteiger partial charge in [0.05, 0.1) is 14.2 Å². The maximum absolute atomic E-state index is 14.0. The molecular weight excluding hydrogens is 209 g/mol. The lowest BCUT2D eigenvalue weighted by Gasteiger charge is -2.18. The van der Waals surface area contributed by atoms with E-state index in [1.807, 2.05) is 6.07 Å². The molecule has 16 heavy (non-hydrogen) atoms. The maximum Gasteiger partial charge on any atom is 0.207 e. The number of benzene rings is 1. The van der Waals surface area contributed by atoms with Gasteiger partial charge in [0.15, 0.2) is 11.5 Å². The fourth-order valence-corrected chi connectivity index (χ4v) is 1.97. The molecule has 1 saturated carbocycles. The van der Waals surface area contributed by atoms with Gasteiger partial charge in [-0.1, -0.05) is 0 Å². The van der Waals surface area contributed by atoms with Gasteiger partial charge in [0, 0.05) is 11.1 Å². The van der Waals surface area contributed by atoms with Crippen LogP contribution >= 0.6 is 0 Å². The van der Waals surface area contributed by atoms with Crippen LogP contribution in [0.1, 0.15) is 24.0 Å². The van der Waals surface area contributed by atoms with E-state index in [2.05, 4.69) is 0 Å². The summed E-state index contributed by atoms with van der Waals surface area (Å²) in [6, 6.07) is 1.85. The molecule has 0 atom stereocenters. The average Bonchev–Trinajstić information content (AvgIpc) is 2.98. The molecule has 1 aromatic rings.